The van der Waals surface area contributed by atoms with Gasteiger partial charge in [0.2, 0.25) is 0 Å². The van der Waals surface area contributed by atoms with E-state index >= 15 is 0 Å². The van der Waals surface area contributed by atoms with E-state index in [0.717, 1.165) is 35.9 Å². The van der Waals surface area contributed by atoms with Crippen LogP contribution >= 0.6 is 0 Å². The highest BCUT2D eigenvalue weighted by Crippen LogP contribution is 2.34. The first-order chi connectivity index (χ1) is 17.8. The monoisotopic (exact) mass is 508 g/mol. The molecule has 1 aliphatic carbocycles. The van der Waals surface area contributed by atoms with E-state index < -0.39 is 17.6 Å². The van der Waals surface area contributed by atoms with Gasteiger partial charge in [0.25, 0.3) is 17.4 Å². The zero-order chi connectivity index (χ0) is 26.5. The van der Waals surface area contributed by atoms with Crippen molar-refractivity contribution in [2.75, 3.05) is 33.7 Å². The van der Waals surface area contributed by atoms with Gasteiger partial charge in [0.15, 0.2) is 0 Å². The summed E-state index contributed by atoms with van der Waals surface area (Å²) < 4.78 is 1.41. The van der Waals surface area contributed by atoms with Gasteiger partial charge in [-0.1, -0.05) is 12.1 Å². The van der Waals surface area contributed by atoms with Crippen LogP contribution in [0.2, 0.25) is 0 Å². The Labute approximate surface area is 213 Å². The van der Waals surface area contributed by atoms with Gasteiger partial charge in [-0.05, 0) is 56.1 Å². The number of carboxylic acid groups (broad SMARTS) is 1. The third-order valence-corrected chi connectivity index (χ3v) is 6.74. The largest absolute Gasteiger partial charge is 0.465 e. The smallest absolute Gasteiger partial charge is 0.404 e. The second-order valence-corrected chi connectivity index (χ2v) is 9.41. The Morgan fingerprint density at radius 1 is 1.19 bits per heavy atom. The molecule has 1 fully saturated rings. The topological polar surface area (TPSA) is 149 Å². The molecule has 0 saturated heterocycles. The lowest BCUT2D eigenvalue weighted by Crippen LogP contribution is -2.35. The van der Waals surface area contributed by atoms with Crippen molar-refractivity contribution in [3.63, 3.8) is 0 Å². The van der Waals surface area contributed by atoms with Crippen molar-refractivity contribution in [3.8, 4) is 0 Å². The number of likely N-dealkylation sites (N-methyl/N-ethyl adjacent to an activating group) is 1. The molecule has 196 valence electrons. The first-order valence-electron chi connectivity index (χ1n) is 12.2. The summed E-state index contributed by atoms with van der Waals surface area (Å²) in [6, 6.07) is 9.05. The molecule has 2 heterocycles. The number of carbonyl (C=O) groups is 3. The maximum absolute atomic E-state index is 13.1. The van der Waals surface area contributed by atoms with E-state index in [0.29, 0.717) is 19.0 Å². The molecule has 11 nitrogen and oxygen atoms in total. The van der Waals surface area contributed by atoms with Crippen molar-refractivity contribution in [2.24, 2.45) is 5.92 Å². The lowest BCUT2D eigenvalue weighted by molar-refractivity contribution is 0.0947. The Morgan fingerprint density at radius 3 is 2.76 bits per heavy atom. The van der Waals surface area contributed by atoms with E-state index in [1.165, 1.54) is 23.9 Å². The summed E-state index contributed by atoms with van der Waals surface area (Å²) in [5, 5.41) is 17.5. The summed E-state index contributed by atoms with van der Waals surface area (Å²) >= 11 is 0. The maximum atomic E-state index is 13.1. The molecular weight excluding hydrogens is 476 g/mol. The van der Waals surface area contributed by atoms with Crippen molar-refractivity contribution >= 4 is 28.8 Å². The molecule has 1 saturated carbocycles. The van der Waals surface area contributed by atoms with E-state index in [9.17, 15) is 19.2 Å². The zero-order valence-electron chi connectivity index (χ0n) is 20.9. The molecule has 1 aromatic carbocycles. The number of nitrogens with zero attached hydrogens (tertiary/aromatic N) is 2. The third kappa shape index (κ3) is 6.36. The standard InChI is InChI=1S/C26H32N6O5/c1-27-24(34)20-12-18(15-32(25(20)35)14-17-4-3-5-21-19(17)6-8-28-21)23(33)30-22-13-16(22)7-10-31(2)11-9-29-26(36)37/h3-6,8,12,15-16,22,28-29H,7,9-11,13-14H2,1-2H3,(H,27,34)(H,30,33)(H,36,37). The molecule has 2 atom stereocenters. The van der Waals surface area contributed by atoms with Gasteiger partial charge in [-0.3, -0.25) is 14.4 Å². The summed E-state index contributed by atoms with van der Waals surface area (Å²) in [4.78, 5) is 54.4. The molecule has 0 bridgehead atoms. The quantitative estimate of drug-likeness (QED) is 0.265. The fourth-order valence-corrected chi connectivity index (χ4v) is 4.49. The fourth-order valence-electron chi connectivity index (χ4n) is 4.49. The minimum Gasteiger partial charge on any atom is -0.465 e. The van der Waals surface area contributed by atoms with Gasteiger partial charge in [0.1, 0.15) is 5.56 Å². The molecule has 0 radical (unpaired) electrons. The molecule has 1 aliphatic rings. The van der Waals surface area contributed by atoms with Crippen LogP contribution in [0.4, 0.5) is 4.79 Å². The first kappa shape index (κ1) is 26.0. The lowest BCUT2D eigenvalue weighted by atomic mass is 10.1. The van der Waals surface area contributed by atoms with E-state index in [2.05, 4.69) is 20.9 Å². The van der Waals surface area contributed by atoms with Crippen LogP contribution in [0.3, 0.4) is 0 Å². The van der Waals surface area contributed by atoms with Crippen LogP contribution in [0, 0.1) is 5.92 Å². The normalized spacial score (nSPS) is 16.5. The van der Waals surface area contributed by atoms with Crippen molar-refractivity contribution < 1.29 is 19.5 Å². The van der Waals surface area contributed by atoms with Crippen LogP contribution in [0.1, 0.15) is 39.1 Å². The zero-order valence-corrected chi connectivity index (χ0v) is 20.9. The second kappa shape index (κ2) is 11.3. The van der Waals surface area contributed by atoms with E-state index in [1.54, 1.807) is 0 Å². The minimum absolute atomic E-state index is 0.0236. The number of carbonyl (C=O) groups excluding carboxylic acids is 2. The van der Waals surface area contributed by atoms with Crippen LogP contribution in [-0.2, 0) is 6.54 Å². The molecule has 0 aliphatic heterocycles. The number of rotatable bonds is 11. The highest BCUT2D eigenvalue weighted by molar-refractivity contribution is 5.99. The number of benzene rings is 1. The van der Waals surface area contributed by atoms with Gasteiger partial charge in [-0.25, -0.2) is 4.79 Å². The van der Waals surface area contributed by atoms with Gasteiger partial charge >= 0.3 is 6.09 Å². The van der Waals surface area contributed by atoms with Gasteiger partial charge in [0.05, 0.1) is 12.1 Å². The third-order valence-electron chi connectivity index (χ3n) is 6.74. The molecule has 2 aromatic heterocycles. The van der Waals surface area contributed by atoms with Crippen molar-refractivity contribution in [2.45, 2.75) is 25.4 Å². The van der Waals surface area contributed by atoms with Crippen molar-refractivity contribution in [1.82, 2.24) is 30.4 Å². The Balaban J connectivity index is 1.43. The van der Waals surface area contributed by atoms with Gasteiger partial charge in [0, 0.05) is 49.5 Å². The average Bonchev–Trinajstić information content (AvgIpc) is 3.42. The predicted octanol–water partition coefficient (Wildman–Crippen LogP) is 1.45. The van der Waals surface area contributed by atoms with E-state index in [4.69, 9.17) is 5.11 Å². The first-order valence-corrected chi connectivity index (χ1v) is 12.2. The molecular formula is C26H32N6O5. The molecule has 11 heteroatoms. The molecule has 0 spiro atoms. The highest BCUT2D eigenvalue weighted by Gasteiger charge is 2.38. The number of hydrogen-bond acceptors (Lipinski definition) is 5. The Kier molecular flexibility index (Phi) is 7.92. The van der Waals surface area contributed by atoms with E-state index in [1.807, 2.05) is 42.4 Å². The maximum Gasteiger partial charge on any atom is 0.404 e. The predicted molar refractivity (Wildman–Crippen MR) is 139 cm³/mol. The fraction of sp³-hybridized carbons (Fsp3) is 0.385. The summed E-state index contributed by atoms with van der Waals surface area (Å²) in [5.41, 5.74) is 1.54. The highest BCUT2D eigenvalue weighted by atomic mass is 16.4. The van der Waals surface area contributed by atoms with Gasteiger partial charge < -0.3 is 35.5 Å². The Bertz CT molecular complexity index is 1360. The van der Waals surface area contributed by atoms with Crippen molar-refractivity contribution in [1.29, 1.82) is 0 Å². The van der Waals surface area contributed by atoms with Crippen LogP contribution < -0.4 is 21.5 Å². The SMILES string of the molecule is CNC(=O)c1cc(C(=O)NC2CC2CCN(C)CCNC(=O)O)cn(Cc2cccc3[nH]ccc23)c1=O. The number of aromatic nitrogens is 2. The molecule has 4 rings (SSSR count). The van der Waals surface area contributed by atoms with Crippen LogP contribution in [-0.4, -0.2) is 77.2 Å². The molecule has 5 N–H and O–H groups in total. The summed E-state index contributed by atoms with van der Waals surface area (Å²) in [6.07, 6.45) is 4.03. The molecule has 3 amide bonds. The summed E-state index contributed by atoms with van der Waals surface area (Å²) in [6.45, 7) is 1.97. The Hall–Kier alpha value is -4.12. The number of amides is 3. The summed E-state index contributed by atoms with van der Waals surface area (Å²) in [7, 11) is 3.37. The Morgan fingerprint density at radius 2 is 2.00 bits per heavy atom. The van der Waals surface area contributed by atoms with Crippen LogP contribution in [0.25, 0.3) is 10.9 Å². The van der Waals surface area contributed by atoms with Crippen molar-refractivity contribution in [3.05, 3.63) is 69.8 Å². The molecule has 3 aromatic rings. The summed E-state index contributed by atoms with van der Waals surface area (Å²) in [5.74, 6) is -0.544. The number of fused-ring (bicyclic) bond motifs is 1. The van der Waals surface area contributed by atoms with Crippen LogP contribution in [0.15, 0.2) is 47.5 Å². The molecule has 37 heavy (non-hydrogen) atoms. The lowest BCUT2D eigenvalue weighted by Gasteiger charge is -2.16. The van der Waals surface area contributed by atoms with Gasteiger partial charge in [-0.15, -0.1) is 0 Å². The number of hydrogen-bond donors (Lipinski definition) is 5. The number of nitrogens with one attached hydrogen (secondary N) is 4. The minimum atomic E-state index is -1.04. The average molecular weight is 509 g/mol. The number of H-pyrrole nitrogens is 1. The van der Waals surface area contributed by atoms with E-state index in [-0.39, 0.29) is 29.6 Å². The number of pyridine rings is 1. The van der Waals surface area contributed by atoms with Crippen LogP contribution in [0.5, 0.6) is 0 Å². The molecule has 2 unspecified atom stereocenters. The van der Waals surface area contributed by atoms with Gasteiger partial charge in [-0.2, -0.15) is 0 Å². The number of aromatic amines is 1. The second-order valence-electron chi connectivity index (χ2n) is 9.41.